The predicted molar refractivity (Wildman–Crippen MR) is 167 cm³/mol. The molecule has 12 heteroatoms. The number of fused-ring (bicyclic) bond motifs is 2. The van der Waals surface area contributed by atoms with Crippen molar-refractivity contribution in [1.29, 1.82) is 0 Å². The minimum Gasteiger partial charge on any atom is -0.361 e. The van der Waals surface area contributed by atoms with Gasteiger partial charge in [0, 0.05) is 31.8 Å². The van der Waals surface area contributed by atoms with Gasteiger partial charge in [-0.05, 0) is 48.1 Å². The smallest absolute Gasteiger partial charge is 0.302 e. The summed E-state index contributed by atoms with van der Waals surface area (Å²) >= 11 is 0. The van der Waals surface area contributed by atoms with Crippen molar-refractivity contribution in [2.45, 2.75) is 70.6 Å². The molecule has 1 fully saturated rings. The van der Waals surface area contributed by atoms with Crippen LogP contribution in [0.1, 0.15) is 61.0 Å². The molecule has 0 bridgehead atoms. The Morgan fingerprint density at radius 1 is 1.22 bits per heavy atom. The lowest BCUT2D eigenvalue weighted by Gasteiger charge is -2.36. The maximum absolute atomic E-state index is 14.5. The van der Waals surface area contributed by atoms with Crippen molar-refractivity contribution in [2.24, 2.45) is 5.41 Å². The van der Waals surface area contributed by atoms with E-state index < -0.39 is 52.6 Å². The molecule has 3 aromatic rings. The summed E-state index contributed by atoms with van der Waals surface area (Å²) in [5.74, 6) is -1.96. The van der Waals surface area contributed by atoms with Gasteiger partial charge in [0.25, 0.3) is 11.8 Å². The number of rotatable bonds is 8. The van der Waals surface area contributed by atoms with Crippen molar-refractivity contribution < 1.29 is 28.1 Å². The number of aromatic nitrogens is 1. The van der Waals surface area contributed by atoms with Gasteiger partial charge in [-0.2, -0.15) is 0 Å². The Bertz CT molecular complexity index is 1710. The topological polar surface area (TPSA) is 129 Å². The lowest BCUT2D eigenvalue weighted by molar-refractivity contribution is -0.147. The molecule has 0 aliphatic carbocycles. The number of aryl methyl sites for hydroxylation is 1. The Balaban J connectivity index is 1.46. The van der Waals surface area contributed by atoms with Gasteiger partial charge in [-0.3, -0.25) is 28.9 Å². The first-order valence-corrected chi connectivity index (χ1v) is 15.1. The van der Waals surface area contributed by atoms with Crippen molar-refractivity contribution in [3.05, 3.63) is 94.4 Å². The van der Waals surface area contributed by atoms with Crippen LogP contribution >= 0.6 is 0 Å². The van der Waals surface area contributed by atoms with Crippen molar-refractivity contribution in [3.8, 4) is 0 Å². The number of nitrogens with zero attached hydrogens (tertiary/aromatic N) is 4. The van der Waals surface area contributed by atoms with Gasteiger partial charge >= 0.3 is 6.17 Å². The van der Waals surface area contributed by atoms with Gasteiger partial charge < -0.3 is 20.1 Å². The van der Waals surface area contributed by atoms with Gasteiger partial charge in [0.1, 0.15) is 29.1 Å². The first-order valence-electron chi connectivity index (χ1n) is 15.1. The van der Waals surface area contributed by atoms with Gasteiger partial charge in [0.15, 0.2) is 5.69 Å². The molecular formula is C34H37FN6O5. The van der Waals surface area contributed by atoms with Gasteiger partial charge in [-0.25, -0.2) is 11.0 Å². The summed E-state index contributed by atoms with van der Waals surface area (Å²) in [5, 5.41) is 9.37. The molecule has 0 saturated carbocycles. The minimum atomic E-state index is -1.15. The molecule has 0 unspecified atom stereocenters. The number of anilines is 1. The second-order valence-corrected chi connectivity index (χ2v) is 13.3. The molecule has 1 spiro atoms. The molecule has 3 heterocycles. The highest BCUT2D eigenvalue weighted by Crippen LogP contribution is 2.47. The van der Waals surface area contributed by atoms with Crippen LogP contribution < -0.4 is 10.6 Å². The van der Waals surface area contributed by atoms with Crippen LogP contribution in [0.3, 0.4) is 0 Å². The normalized spacial score (nSPS) is 20.1. The Morgan fingerprint density at radius 3 is 2.54 bits per heavy atom. The number of carbonyl (C=O) groups is 4. The highest BCUT2D eigenvalue weighted by atomic mass is 19.1. The van der Waals surface area contributed by atoms with Crippen LogP contribution in [0.4, 0.5) is 10.1 Å². The Kier molecular flexibility index (Phi) is 8.71. The number of carbonyl (C=O) groups excluding carboxylic acids is 4. The standard InChI is InChI=1S/C34H37FN6O5/c1-20-15-25(39-46-20)29(42)37-26(16-21-11-13-22(35)14-12-21)30(43)40(6)27(17-33(2,3)4)31(44)41-19-34(18-28(41)36-5)23-9-7-8-10-24(23)38-32(34)45/h7-15,26-28H,16-19H2,1-4,6H3,(H,37,42)(H,38,45)/t26-,27-,28-,34-/m0/s1. The lowest BCUT2D eigenvalue weighted by Crippen LogP contribution is -2.57. The first kappa shape index (κ1) is 32.3. The van der Waals surface area contributed by atoms with E-state index in [1.54, 1.807) is 13.0 Å². The molecule has 4 amide bonds. The Labute approximate surface area is 266 Å². The summed E-state index contributed by atoms with van der Waals surface area (Å²) in [7, 11) is 1.50. The molecule has 5 rings (SSSR count). The van der Waals surface area contributed by atoms with Crippen LogP contribution in [0, 0.1) is 24.7 Å². The van der Waals surface area contributed by atoms with Crippen LogP contribution in [0.15, 0.2) is 59.1 Å². The highest BCUT2D eigenvalue weighted by molar-refractivity contribution is 6.07. The molecule has 2 N–H and O–H groups in total. The van der Waals surface area contributed by atoms with Gasteiger partial charge in [0.2, 0.25) is 11.8 Å². The summed E-state index contributed by atoms with van der Waals surface area (Å²) in [6.45, 7) is 15.4. The molecule has 11 nitrogen and oxygen atoms in total. The van der Waals surface area contributed by atoms with Crippen molar-refractivity contribution in [2.75, 3.05) is 18.9 Å². The highest BCUT2D eigenvalue weighted by Gasteiger charge is 2.59. The van der Waals surface area contributed by atoms with Gasteiger partial charge in [0.05, 0.1) is 6.42 Å². The van der Waals surface area contributed by atoms with Crippen molar-refractivity contribution in [1.82, 2.24) is 20.3 Å². The van der Waals surface area contributed by atoms with E-state index in [-0.39, 0.29) is 37.4 Å². The Morgan fingerprint density at radius 2 is 1.91 bits per heavy atom. The minimum absolute atomic E-state index is 0.00828. The summed E-state index contributed by atoms with van der Waals surface area (Å²) in [4.78, 5) is 61.6. The number of amides is 4. The number of benzene rings is 2. The number of nitrogens with one attached hydrogen (secondary N) is 2. The molecule has 4 atom stereocenters. The van der Waals surface area contributed by atoms with E-state index in [1.165, 1.54) is 47.2 Å². The average molecular weight is 629 g/mol. The summed E-state index contributed by atoms with van der Waals surface area (Å²) in [5.41, 5.74) is 0.466. The van der Waals surface area contributed by atoms with E-state index in [4.69, 9.17) is 11.1 Å². The van der Waals surface area contributed by atoms with E-state index in [1.807, 2.05) is 39.0 Å². The van der Waals surface area contributed by atoms with Crippen LogP contribution in [-0.4, -0.2) is 70.4 Å². The monoisotopic (exact) mass is 628 g/mol. The van der Waals surface area contributed by atoms with Crippen molar-refractivity contribution >= 4 is 29.3 Å². The summed E-state index contributed by atoms with van der Waals surface area (Å²) in [6.07, 6.45) is -0.534. The molecule has 2 aliphatic heterocycles. The fraction of sp³-hybridized carbons (Fsp3) is 0.412. The van der Waals surface area contributed by atoms with Crippen molar-refractivity contribution in [3.63, 3.8) is 0 Å². The number of halogens is 1. The van der Waals surface area contributed by atoms with E-state index in [0.29, 0.717) is 17.0 Å². The number of para-hydroxylation sites is 1. The zero-order valence-electron chi connectivity index (χ0n) is 26.5. The van der Waals surface area contributed by atoms with Crippen LogP contribution in [-0.2, 0) is 26.2 Å². The molecule has 1 aromatic heterocycles. The van der Waals surface area contributed by atoms with Gasteiger partial charge in [-0.15, -0.1) is 0 Å². The summed E-state index contributed by atoms with van der Waals surface area (Å²) < 4.78 is 18.7. The molecule has 2 aromatic carbocycles. The van der Waals surface area contributed by atoms with Crippen LogP contribution in [0.5, 0.6) is 0 Å². The maximum Gasteiger partial charge on any atom is 0.302 e. The molecule has 0 radical (unpaired) electrons. The average Bonchev–Trinajstić information content (AvgIpc) is 3.71. The number of likely N-dealkylation sites (N-methyl/N-ethyl adjacent to an activating group) is 1. The molecular weight excluding hydrogens is 591 g/mol. The zero-order valence-corrected chi connectivity index (χ0v) is 26.5. The molecule has 1 saturated heterocycles. The van der Waals surface area contributed by atoms with E-state index in [2.05, 4.69) is 20.6 Å². The summed E-state index contributed by atoms with van der Waals surface area (Å²) in [6, 6.07) is 12.1. The predicted octanol–water partition coefficient (Wildman–Crippen LogP) is 4.09. The lowest BCUT2D eigenvalue weighted by atomic mass is 9.80. The third kappa shape index (κ3) is 6.36. The zero-order chi connectivity index (χ0) is 33.4. The van der Waals surface area contributed by atoms with Crippen LogP contribution in [0.25, 0.3) is 4.85 Å². The van der Waals surface area contributed by atoms with Crippen LogP contribution in [0.2, 0.25) is 0 Å². The first-order chi connectivity index (χ1) is 21.7. The SMILES string of the molecule is [C-]#[N+][C@@H]1C[C@@]2(CN1C(=O)[C@H](CC(C)(C)C)N(C)C(=O)[C@H](Cc1ccc(F)cc1)NC(=O)c1cc(C)on1)C(=O)Nc1ccccc12. The third-order valence-corrected chi connectivity index (χ3v) is 8.61. The van der Waals surface area contributed by atoms with E-state index in [0.717, 1.165) is 5.56 Å². The fourth-order valence-corrected chi connectivity index (χ4v) is 6.28. The maximum atomic E-state index is 14.5. The number of likely N-dealkylation sites (tertiary alicyclic amines) is 1. The second kappa shape index (κ2) is 12.4. The second-order valence-electron chi connectivity index (χ2n) is 13.3. The van der Waals surface area contributed by atoms with E-state index in [9.17, 15) is 23.6 Å². The number of hydrogen-bond donors (Lipinski definition) is 2. The molecule has 46 heavy (non-hydrogen) atoms. The third-order valence-electron chi connectivity index (χ3n) is 8.61. The number of hydrogen-bond acceptors (Lipinski definition) is 6. The van der Waals surface area contributed by atoms with E-state index >= 15 is 0 Å². The largest absolute Gasteiger partial charge is 0.361 e. The molecule has 240 valence electrons. The molecule has 2 aliphatic rings. The fourth-order valence-electron chi connectivity index (χ4n) is 6.28. The van der Waals surface area contributed by atoms with Gasteiger partial charge in [-0.1, -0.05) is 56.3 Å². The quantitative estimate of drug-likeness (QED) is 0.362. The Hall–Kier alpha value is -5.05.